The van der Waals surface area contributed by atoms with Crippen molar-refractivity contribution in [2.45, 2.75) is 53.1 Å². The zero-order chi connectivity index (χ0) is 22.8. The summed E-state index contributed by atoms with van der Waals surface area (Å²) in [5.41, 5.74) is 5.98. The van der Waals surface area contributed by atoms with E-state index in [0.29, 0.717) is 5.57 Å². The molecule has 171 valence electrons. The predicted octanol–water partition coefficient (Wildman–Crippen LogP) is 6.83. The van der Waals surface area contributed by atoms with Crippen LogP contribution in [0.4, 0.5) is 0 Å². The van der Waals surface area contributed by atoms with Crippen molar-refractivity contribution in [3.8, 4) is 11.3 Å². The Hall–Kier alpha value is -2.11. The van der Waals surface area contributed by atoms with Gasteiger partial charge in [0.25, 0.3) is 0 Å². The number of fused-ring (bicyclic) bond motifs is 3. The molecule has 1 aromatic carbocycles. The van der Waals surface area contributed by atoms with Crippen LogP contribution in [-0.2, 0) is 25.5 Å². The number of allylic oxidation sites excluding steroid dienone is 1. The normalized spacial score (nSPS) is 13.1. The zero-order valence-electron chi connectivity index (χ0n) is 19.2. The van der Waals surface area contributed by atoms with Gasteiger partial charge in [0.05, 0.1) is 22.1 Å². The topological polar surface area (TPSA) is 66.2 Å². The molecule has 0 aliphatic rings. The molecule has 0 amide bonds. The Kier molecular flexibility index (Phi) is 8.72. The Bertz CT molecular complexity index is 1220. The third-order valence-electron chi connectivity index (χ3n) is 5.29. The first-order valence-corrected chi connectivity index (χ1v) is 11.2. The van der Waals surface area contributed by atoms with E-state index in [4.69, 9.17) is 15.2 Å². The Morgan fingerprint density at radius 1 is 1.12 bits per heavy atom. The van der Waals surface area contributed by atoms with Crippen molar-refractivity contribution in [3.63, 3.8) is 0 Å². The molecular weight excluding hydrogens is 597 g/mol. The van der Waals surface area contributed by atoms with Gasteiger partial charge in [-0.1, -0.05) is 26.8 Å². The van der Waals surface area contributed by atoms with Gasteiger partial charge in [0.2, 0.25) is 0 Å². The number of hydrogen-bond acceptors (Lipinski definition) is 5. The van der Waals surface area contributed by atoms with Gasteiger partial charge in [0.15, 0.2) is 0 Å². The largest absolute Gasteiger partial charge is 0.513 e. The van der Waals surface area contributed by atoms with Gasteiger partial charge >= 0.3 is 0 Å². The summed E-state index contributed by atoms with van der Waals surface area (Å²) in [7, 11) is 0. The van der Waals surface area contributed by atoms with E-state index in [1.807, 2.05) is 18.3 Å². The molecule has 0 saturated carbocycles. The van der Waals surface area contributed by atoms with E-state index in [2.05, 4.69) is 61.5 Å². The van der Waals surface area contributed by atoms with Gasteiger partial charge in [0, 0.05) is 26.3 Å². The molecule has 0 aliphatic carbocycles. The Morgan fingerprint density at radius 3 is 2.38 bits per heavy atom. The summed E-state index contributed by atoms with van der Waals surface area (Å²) in [6.07, 6.45) is 1.30. The second-order valence-corrected chi connectivity index (χ2v) is 9.60. The van der Waals surface area contributed by atoms with Crippen LogP contribution in [-0.4, -0.2) is 26.3 Å². The molecule has 3 aromatic heterocycles. The van der Waals surface area contributed by atoms with E-state index in [9.17, 15) is 0 Å². The summed E-state index contributed by atoms with van der Waals surface area (Å²) in [6.45, 7) is 11.5. The van der Waals surface area contributed by atoms with Crippen molar-refractivity contribution < 1.29 is 30.3 Å². The molecule has 32 heavy (non-hydrogen) atoms. The molecule has 0 aliphatic heterocycles. The summed E-state index contributed by atoms with van der Waals surface area (Å²) >= 11 is 1.72. The maximum atomic E-state index is 8.77. The molecule has 0 saturated heterocycles. The van der Waals surface area contributed by atoms with Crippen LogP contribution < -0.4 is 0 Å². The maximum absolute atomic E-state index is 8.77. The summed E-state index contributed by atoms with van der Waals surface area (Å²) in [5, 5.41) is 20.7. The standard InChI is InChI=1S/C20H17N2S.C6H12O2.Ir/c1-20(2,3)14-8-6-13(7-9-14)17-15-10-12-23-19(15)18-16(22-17)5-4-11-21-18;1-4(5(2)7)6(3)8;/h4-6,8-12H,1-3H3;5,7-8H,1-3H3;/q-1;;/b;6-4-;. The van der Waals surface area contributed by atoms with Gasteiger partial charge in [-0.2, -0.15) is 0 Å². The van der Waals surface area contributed by atoms with Crippen LogP contribution in [0, 0.1) is 6.07 Å². The van der Waals surface area contributed by atoms with Gasteiger partial charge in [-0.3, -0.25) is 9.97 Å². The third-order valence-corrected chi connectivity index (χ3v) is 6.21. The molecule has 1 atom stereocenters. The van der Waals surface area contributed by atoms with Gasteiger partial charge in [0.1, 0.15) is 5.52 Å². The number of nitrogens with zero attached hydrogens (tertiary/aromatic N) is 2. The minimum absolute atomic E-state index is 0. The average molecular weight is 626 g/mol. The molecule has 4 rings (SSSR count). The SMILES string of the molecule is C/C(O)=C(\C)C(C)O.CC(C)(C)c1c[c-]c(-c2nc3cccnc3c3sccc23)cc1.[Ir]. The monoisotopic (exact) mass is 626 g/mol. The maximum Gasteiger partial charge on any atom is 0.105 e. The van der Waals surface area contributed by atoms with Crippen LogP contribution in [0.2, 0.25) is 0 Å². The molecule has 6 heteroatoms. The van der Waals surface area contributed by atoms with Crippen LogP contribution in [0.5, 0.6) is 0 Å². The minimum atomic E-state index is -0.528. The Labute approximate surface area is 207 Å². The first-order chi connectivity index (χ1) is 14.6. The molecular formula is C26H29IrN2O2S-. The summed E-state index contributed by atoms with van der Waals surface area (Å²) in [6, 6.07) is 15.9. The fraction of sp³-hybridized carbons (Fsp3) is 0.308. The van der Waals surface area contributed by atoms with E-state index in [-0.39, 0.29) is 31.3 Å². The van der Waals surface area contributed by atoms with Crippen molar-refractivity contribution >= 4 is 32.5 Å². The number of aliphatic hydroxyl groups is 2. The number of hydrogen-bond donors (Lipinski definition) is 2. The second-order valence-electron chi connectivity index (χ2n) is 8.68. The van der Waals surface area contributed by atoms with Crippen molar-refractivity contribution in [1.29, 1.82) is 0 Å². The fourth-order valence-electron chi connectivity index (χ4n) is 3.07. The number of pyridine rings is 2. The number of benzene rings is 1. The second kappa shape index (κ2) is 10.7. The Balaban J connectivity index is 0.000000350. The molecule has 2 N–H and O–H groups in total. The van der Waals surface area contributed by atoms with Crippen LogP contribution in [0.1, 0.15) is 47.1 Å². The summed E-state index contributed by atoms with van der Waals surface area (Å²) in [4.78, 5) is 9.35. The van der Waals surface area contributed by atoms with E-state index in [1.165, 1.54) is 10.3 Å². The summed E-state index contributed by atoms with van der Waals surface area (Å²) in [5.74, 6) is 0.208. The summed E-state index contributed by atoms with van der Waals surface area (Å²) < 4.78 is 1.19. The number of aromatic nitrogens is 2. The number of rotatable bonds is 2. The van der Waals surface area contributed by atoms with E-state index < -0.39 is 6.10 Å². The number of aliphatic hydroxyl groups excluding tert-OH is 2. The number of thiophene rings is 1. The van der Waals surface area contributed by atoms with Crippen LogP contribution in [0.15, 0.2) is 59.3 Å². The molecule has 0 spiro atoms. The molecule has 0 bridgehead atoms. The molecule has 0 fully saturated rings. The van der Waals surface area contributed by atoms with Crippen LogP contribution in [0.25, 0.3) is 32.4 Å². The zero-order valence-corrected chi connectivity index (χ0v) is 22.4. The van der Waals surface area contributed by atoms with E-state index in [1.54, 1.807) is 32.1 Å². The van der Waals surface area contributed by atoms with Crippen molar-refractivity contribution in [2.24, 2.45) is 0 Å². The molecule has 1 radical (unpaired) electrons. The van der Waals surface area contributed by atoms with Gasteiger partial charge in [-0.25, -0.2) is 0 Å². The van der Waals surface area contributed by atoms with Crippen molar-refractivity contribution in [3.05, 3.63) is 70.9 Å². The van der Waals surface area contributed by atoms with E-state index >= 15 is 0 Å². The average Bonchev–Trinajstić information content (AvgIpc) is 3.22. The van der Waals surface area contributed by atoms with Crippen molar-refractivity contribution in [1.82, 2.24) is 9.97 Å². The quantitative estimate of drug-likeness (QED) is 0.190. The fourth-order valence-corrected chi connectivity index (χ4v) is 3.97. The first kappa shape index (κ1) is 26.1. The molecule has 4 aromatic rings. The minimum Gasteiger partial charge on any atom is -0.513 e. The van der Waals surface area contributed by atoms with Gasteiger partial charge < -0.3 is 10.2 Å². The van der Waals surface area contributed by atoms with Gasteiger partial charge in [-0.05, 0) is 60.4 Å². The van der Waals surface area contributed by atoms with Crippen LogP contribution >= 0.6 is 11.3 Å². The van der Waals surface area contributed by atoms with Crippen molar-refractivity contribution in [2.75, 3.05) is 0 Å². The Morgan fingerprint density at radius 2 is 1.84 bits per heavy atom. The van der Waals surface area contributed by atoms with Crippen LogP contribution in [0.3, 0.4) is 0 Å². The van der Waals surface area contributed by atoms with Gasteiger partial charge in [-0.15, -0.1) is 46.7 Å². The third kappa shape index (κ3) is 5.81. The molecule has 1 unspecified atom stereocenters. The molecule has 4 nitrogen and oxygen atoms in total. The predicted molar refractivity (Wildman–Crippen MR) is 131 cm³/mol. The first-order valence-electron chi connectivity index (χ1n) is 10.3. The van der Waals surface area contributed by atoms with E-state index in [0.717, 1.165) is 27.7 Å². The smallest absolute Gasteiger partial charge is 0.105 e. The molecule has 3 heterocycles.